The summed E-state index contributed by atoms with van der Waals surface area (Å²) in [5, 5.41) is 7.48. The van der Waals surface area contributed by atoms with Crippen molar-refractivity contribution in [3.8, 4) is 0 Å². The number of carbonyl (C=O) groups is 2. The predicted octanol–water partition coefficient (Wildman–Crippen LogP) is 2.28. The molecule has 0 saturated carbocycles. The van der Waals surface area contributed by atoms with Gasteiger partial charge in [0.05, 0.1) is 12.3 Å². The smallest absolute Gasteiger partial charge is 0.289 e. The minimum absolute atomic E-state index is 0.118. The molecule has 0 unspecified atom stereocenters. The van der Waals surface area contributed by atoms with E-state index in [9.17, 15) is 9.59 Å². The first-order chi connectivity index (χ1) is 14.2. The van der Waals surface area contributed by atoms with Crippen LogP contribution >= 0.6 is 0 Å². The molecule has 1 aromatic carbocycles. The van der Waals surface area contributed by atoms with Gasteiger partial charge in [-0.05, 0) is 37.1 Å². The van der Waals surface area contributed by atoms with Crippen LogP contribution in [0.4, 0.5) is 0 Å². The fourth-order valence-corrected chi connectivity index (χ4v) is 4.50. The minimum Gasteiger partial charge on any atom is -0.459 e. The van der Waals surface area contributed by atoms with Crippen LogP contribution in [0, 0.1) is 5.41 Å². The van der Waals surface area contributed by atoms with E-state index >= 15 is 0 Å². The fourth-order valence-electron chi connectivity index (χ4n) is 4.50. The Bertz CT molecular complexity index is 1030. The van der Waals surface area contributed by atoms with Crippen LogP contribution in [0.25, 0.3) is 0 Å². The Hall–Kier alpha value is -3.42. The first-order valence-electron chi connectivity index (χ1n) is 9.73. The molecule has 0 radical (unpaired) electrons. The van der Waals surface area contributed by atoms with Gasteiger partial charge in [-0.1, -0.05) is 18.2 Å². The Morgan fingerprint density at radius 2 is 1.93 bits per heavy atom. The number of furan rings is 1. The molecule has 2 amide bonds. The standard InChI is InChI=1S/C21H21N5O3/c27-19(15-5-2-1-3-6-15)24-17-18-22-14-23-26(18)11-9-21(17)8-10-25(13-21)20(28)16-7-4-12-29-16/h1-7,12,14,17H,8-11,13H2,(H,24,27)/t17-,21-/m0/s1. The van der Waals surface area contributed by atoms with Gasteiger partial charge in [0.1, 0.15) is 12.2 Å². The SMILES string of the molecule is O=C(N[C@H]1c2ncnn2CC[C@]12CCN(C(=O)c1ccco1)C2)c1ccccc1. The van der Waals surface area contributed by atoms with Crippen LogP contribution in [0.2, 0.25) is 0 Å². The third kappa shape index (κ3) is 3.00. The summed E-state index contributed by atoms with van der Waals surface area (Å²) >= 11 is 0. The summed E-state index contributed by atoms with van der Waals surface area (Å²) in [6.45, 7) is 1.88. The summed E-state index contributed by atoms with van der Waals surface area (Å²) in [5.41, 5.74) is 0.316. The van der Waals surface area contributed by atoms with Crippen molar-refractivity contribution < 1.29 is 14.0 Å². The molecule has 1 fully saturated rings. The molecule has 1 N–H and O–H groups in total. The van der Waals surface area contributed by atoms with Crippen molar-refractivity contribution in [3.63, 3.8) is 0 Å². The lowest BCUT2D eigenvalue weighted by Crippen LogP contribution is -2.48. The summed E-state index contributed by atoms with van der Waals surface area (Å²) in [7, 11) is 0. The number of likely N-dealkylation sites (tertiary alicyclic amines) is 1. The molecule has 5 rings (SSSR count). The lowest BCUT2D eigenvalue weighted by atomic mass is 9.74. The predicted molar refractivity (Wildman–Crippen MR) is 103 cm³/mol. The highest BCUT2D eigenvalue weighted by Gasteiger charge is 2.51. The van der Waals surface area contributed by atoms with Crippen LogP contribution in [-0.4, -0.2) is 44.6 Å². The normalized spacial score (nSPS) is 23.2. The van der Waals surface area contributed by atoms with Crippen LogP contribution < -0.4 is 5.32 Å². The molecule has 2 aromatic heterocycles. The number of fused-ring (bicyclic) bond motifs is 1. The van der Waals surface area contributed by atoms with E-state index < -0.39 is 0 Å². The van der Waals surface area contributed by atoms with Crippen molar-refractivity contribution in [1.82, 2.24) is 25.0 Å². The molecule has 2 atom stereocenters. The van der Waals surface area contributed by atoms with E-state index in [1.807, 2.05) is 27.8 Å². The van der Waals surface area contributed by atoms with Gasteiger partial charge in [0, 0.05) is 30.6 Å². The summed E-state index contributed by atoms with van der Waals surface area (Å²) in [6.07, 6.45) is 4.62. The number of hydrogen-bond donors (Lipinski definition) is 1. The maximum absolute atomic E-state index is 12.9. The van der Waals surface area contributed by atoms with Crippen molar-refractivity contribution in [1.29, 1.82) is 0 Å². The molecule has 148 valence electrons. The lowest BCUT2D eigenvalue weighted by Gasteiger charge is -2.40. The van der Waals surface area contributed by atoms with Crippen LogP contribution in [-0.2, 0) is 6.54 Å². The van der Waals surface area contributed by atoms with Crippen LogP contribution in [0.15, 0.2) is 59.5 Å². The number of hydrogen-bond acceptors (Lipinski definition) is 5. The summed E-state index contributed by atoms with van der Waals surface area (Å²) in [4.78, 5) is 32.0. The number of nitrogens with one attached hydrogen (secondary N) is 1. The summed E-state index contributed by atoms with van der Waals surface area (Å²) in [6, 6.07) is 12.2. The van der Waals surface area contributed by atoms with Gasteiger partial charge < -0.3 is 14.6 Å². The van der Waals surface area contributed by atoms with Crippen molar-refractivity contribution in [2.45, 2.75) is 25.4 Å². The Labute approximate surface area is 167 Å². The molecule has 0 aliphatic carbocycles. The zero-order valence-electron chi connectivity index (χ0n) is 15.8. The highest BCUT2D eigenvalue weighted by atomic mass is 16.3. The number of carbonyl (C=O) groups excluding carboxylic acids is 2. The minimum atomic E-state index is -0.319. The zero-order chi connectivity index (χ0) is 19.8. The number of rotatable bonds is 3. The first-order valence-corrected chi connectivity index (χ1v) is 9.73. The third-order valence-electron chi connectivity index (χ3n) is 6.05. The molecule has 1 spiro atoms. The third-order valence-corrected chi connectivity index (χ3v) is 6.05. The van der Waals surface area contributed by atoms with E-state index in [2.05, 4.69) is 15.4 Å². The molecule has 4 heterocycles. The van der Waals surface area contributed by atoms with E-state index in [1.54, 1.807) is 24.3 Å². The second kappa shape index (κ2) is 6.88. The number of benzene rings is 1. The van der Waals surface area contributed by atoms with Gasteiger partial charge in [0.25, 0.3) is 11.8 Å². The monoisotopic (exact) mass is 391 g/mol. The Morgan fingerprint density at radius 1 is 1.10 bits per heavy atom. The summed E-state index contributed by atoms with van der Waals surface area (Å²) < 4.78 is 7.13. The van der Waals surface area contributed by atoms with Gasteiger partial charge in [-0.3, -0.25) is 9.59 Å². The van der Waals surface area contributed by atoms with E-state index in [0.29, 0.717) is 24.4 Å². The van der Waals surface area contributed by atoms with Crippen molar-refractivity contribution >= 4 is 11.8 Å². The van der Waals surface area contributed by atoms with Crippen molar-refractivity contribution in [3.05, 3.63) is 72.2 Å². The Morgan fingerprint density at radius 3 is 2.72 bits per heavy atom. The van der Waals surface area contributed by atoms with Crippen molar-refractivity contribution in [2.24, 2.45) is 5.41 Å². The average molecular weight is 391 g/mol. The van der Waals surface area contributed by atoms with Gasteiger partial charge in [0.15, 0.2) is 5.76 Å². The van der Waals surface area contributed by atoms with E-state index in [0.717, 1.165) is 25.2 Å². The highest BCUT2D eigenvalue weighted by molar-refractivity contribution is 5.94. The molecule has 8 nitrogen and oxygen atoms in total. The molecular formula is C21H21N5O3. The largest absolute Gasteiger partial charge is 0.459 e. The van der Waals surface area contributed by atoms with Gasteiger partial charge in [-0.15, -0.1) is 0 Å². The lowest BCUT2D eigenvalue weighted by molar-refractivity contribution is 0.0678. The maximum Gasteiger partial charge on any atom is 0.289 e. The molecule has 2 aliphatic rings. The molecule has 1 saturated heterocycles. The van der Waals surface area contributed by atoms with Gasteiger partial charge in [-0.2, -0.15) is 5.10 Å². The number of nitrogens with zero attached hydrogens (tertiary/aromatic N) is 4. The number of amides is 2. The Kier molecular flexibility index (Phi) is 4.19. The quantitative estimate of drug-likeness (QED) is 0.739. The topological polar surface area (TPSA) is 93.3 Å². The Balaban J connectivity index is 1.44. The highest BCUT2D eigenvalue weighted by Crippen LogP contribution is 2.47. The number of aromatic nitrogens is 3. The van der Waals surface area contributed by atoms with Crippen LogP contribution in [0.1, 0.15) is 45.6 Å². The molecule has 29 heavy (non-hydrogen) atoms. The van der Waals surface area contributed by atoms with Gasteiger partial charge in [0.2, 0.25) is 0 Å². The summed E-state index contributed by atoms with van der Waals surface area (Å²) in [5.74, 6) is 0.813. The van der Waals surface area contributed by atoms with E-state index in [4.69, 9.17) is 4.42 Å². The van der Waals surface area contributed by atoms with Crippen LogP contribution in [0.3, 0.4) is 0 Å². The average Bonchev–Trinajstić information content (AvgIpc) is 3.52. The fraction of sp³-hybridized carbons (Fsp3) is 0.333. The maximum atomic E-state index is 12.9. The molecule has 3 aromatic rings. The second-order valence-corrected chi connectivity index (χ2v) is 7.68. The number of aryl methyl sites for hydroxylation is 1. The van der Waals surface area contributed by atoms with E-state index in [-0.39, 0.29) is 23.3 Å². The van der Waals surface area contributed by atoms with Gasteiger partial charge in [-0.25, -0.2) is 9.67 Å². The first kappa shape index (κ1) is 17.7. The van der Waals surface area contributed by atoms with Gasteiger partial charge >= 0.3 is 0 Å². The van der Waals surface area contributed by atoms with E-state index in [1.165, 1.54) is 12.6 Å². The zero-order valence-corrected chi connectivity index (χ0v) is 15.8. The molecule has 8 heteroatoms. The molecule has 2 aliphatic heterocycles. The van der Waals surface area contributed by atoms with Crippen LogP contribution in [0.5, 0.6) is 0 Å². The van der Waals surface area contributed by atoms with Crippen molar-refractivity contribution in [2.75, 3.05) is 13.1 Å². The molecular weight excluding hydrogens is 370 g/mol. The second-order valence-electron chi connectivity index (χ2n) is 7.68. The molecule has 0 bridgehead atoms.